The number of hydrogen-bond acceptors (Lipinski definition) is 2. The normalized spacial score (nSPS) is 20.6. The second-order valence-electron chi connectivity index (χ2n) is 4.90. The molecule has 1 N–H and O–H groups in total. The Hall–Kier alpha value is -1.61. The molecule has 3 heteroatoms. The Morgan fingerprint density at radius 2 is 2.17 bits per heavy atom. The Kier molecular flexibility index (Phi) is 3.42. The molecule has 1 fully saturated rings. The fourth-order valence-electron chi connectivity index (χ4n) is 2.62. The standard InChI is InChI=1S/C15H19N3/c1-2-8-15(16-9-3-1)13-6-4-7-14(12-13)18-11-5-10-17-18/h4-7,10-12,15-16H,1-3,8-9H2. The van der Waals surface area contributed by atoms with E-state index >= 15 is 0 Å². The van der Waals surface area contributed by atoms with E-state index in [-0.39, 0.29) is 0 Å². The molecule has 1 unspecified atom stereocenters. The van der Waals surface area contributed by atoms with Gasteiger partial charge in [-0.05, 0) is 43.1 Å². The Morgan fingerprint density at radius 3 is 3.06 bits per heavy atom. The average molecular weight is 241 g/mol. The topological polar surface area (TPSA) is 29.9 Å². The first kappa shape index (κ1) is 11.5. The van der Waals surface area contributed by atoms with Crippen LogP contribution in [0.25, 0.3) is 5.69 Å². The molecule has 3 rings (SSSR count). The van der Waals surface area contributed by atoms with Gasteiger partial charge in [0.15, 0.2) is 0 Å². The summed E-state index contributed by atoms with van der Waals surface area (Å²) in [5.74, 6) is 0. The van der Waals surface area contributed by atoms with E-state index in [1.807, 2.05) is 23.1 Å². The van der Waals surface area contributed by atoms with Crippen LogP contribution in [-0.4, -0.2) is 16.3 Å². The predicted molar refractivity (Wildman–Crippen MR) is 72.8 cm³/mol. The zero-order valence-corrected chi connectivity index (χ0v) is 10.5. The molecule has 0 saturated carbocycles. The van der Waals surface area contributed by atoms with Crippen LogP contribution in [0.5, 0.6) is 0 Å². The summed E-state index contributed by atoms with van der Waals surface area (Å²) in [5, 5.41) is 7.93. The molecule has 3 nitrogen and oxygen atoms in total. The molecular formula is C15H19N3. The Balaban J connectivity index is 1.86. The molecule has 1 saturated heterocycles. The van der Waals surface area contributed by atoms with Gasteiger partial charge in [-0.1, -0.05) is 25.0 Å². The first-order chi connectivity index (χ1) is 8.93. The minimum absolute atomic E-state index is 0.503. The van der Waals surface area contributed by atoms with Gasteiger partial charge >= 0.3 is 0 Å². The van der Waals surface area contributed by atoms with E-state index in [1.54, 1.807) is 0 Å². The number of benzene rings is 1. The van der Waals surface area contributed by atoms with Crippen LogP contribution in [0.2, 0.25) is 0 Å². The fourth-order valence-corrected chi connectivity index (χ4v) is 2.62. The second-order valence-corrected chi connectivity index (χ2v) is 4.90. The highest BCUT2D eigenvalue weighted by atomic mass is 15.3. The number of hydrogen-bond donors (Lipinski definition) is 1. The van der Waals surface area contributed by atoms with Crippen LogP contribution < -0.4 is 5.32 Å². The molecule has 94 valence electrons. The zero-order valence-electron chi connectivity index (χ0n) is 10.5. The molecule has 1 aliphatic heterocycles. The van der Waals surface area contributed by atoms with Crippen molar-refractivity contribution < 1.29 is 0 Å². The van der Waals surface area contributed by atoms with Crippen LogP contribution in [0.15, 0.2) is 42.7 Å². The summed E-state index contributed by atoms with van der Waals surface area (Å²) in [6.07, 6.45) is 9.01. The maximum atomic E-state index is 4.29. The van der Waals surface area contributed by atoms with Gasteiger partial charge in [-0.25, -0.2) is 4.68 Å². The van der Waals surface area contributed by atoms with Crippen LogP contribution in [0.4, 0.5) is 0 Å². The van der Waals surface area contributed by atoms with Crippen molar-refractivity contribution in [3.63, 3.8) is 0 Å². The Bertz CT molecular complexity index is 482. The summed E-state index contributed by atoms with van der Waals surface area (Å²) < 4.78 is 1.92. The minimum Gasteiger partial charge on any atom is -0.310 e. The zero-order chi connectivity index (χ0) is 12.2. The van der Waals surface area contributed by atoms with Crippen LogP contribution in [0.3, 0.4) is 0 Å². The number of nitrogens with one attached hydrogen (secondary N) is 1. The van der Waals surface area contributed by atoms with Crippen LogP contribution in [-0.2, 0) is 0 Å². The van der Waals surface area contributed by atoms with Crippen molar-refractivity contribution in [2.45, 2.75) is 31.7 Å². The van der Waals surface area contributed by atoms with Crippen molar-refractivity contribution in [1.82, 2.24) is 15.1 Å². The van der Waals surface area contributed by atoms with E-state index in [0.717, 1.165) is 12.2 Å². The number of nitrogens with zero attached hydrogens (tertiary/aromatic N) is 2. The summed E-state index contributed by atoms with van der Waals surface area (Å²) in [6, 6.07) is 11.2. The van der Waals surface area contributed by atoms with Crippen molar-refractivity contribution >= 4 is 0 Å². The maximum absolute atomic E-state index is 4.29. The van der Waals surface area contributed by atoms with Gasteiger partial charge < -0.3 is 5.32 Å². The fraction of sp³-hybridized carbons (Fsp3) is 0.400. The molecule has 2 aromatic rings. The lowest BCUT2D eigenvalue weighted by Crippen LogP contribution is -2.20. The van der Waals surface area contributed by atoms with Crippen molar-refractivity contribution in [3.05, 3.63) is 48.3 Å². The molecule has 1 aromatic heterocycles. The molecule has 1 aliphatic rings. The van der Waals surface area contributed by atoms with Gasteiger partial charge in [-0.15, -0.1) is 0 Å². The van der Waals surface area contributed by atoms with Crippen LogP contribution in [0, 0.1) is 0 Å². The molecule has 0 spiro atoms. The number of aromatic nitrogens is 2. The third kappa shape index (κ3) is 2.46. The van der Waals surface area contributed by atoms with E-state index in [0.29, 0.717) is 6.04 Å². The largest absolute Gasteiger partial charge is 0.310 e. The third-order valence-corrected chi connectivity index (χ3v) is 3.60. The summed E-state index contributed by atoms with van der Waals surface area (Å²) in [6.45, 7) is 1.14. The van der Waals surface area contributed by atoms with Gasteiger partial charge in [0, 0.05) is 18.4 Å². The summed E-state index contributed by atoms with van der Waals surface area (Å²) in [4.78, 5) is 0. The molecule has 2 heterocycles. The van der Waals surface area contributed by atoms with Crippen molar-refractivity contribution in [1.29, 1.82) is 0 Å². The average Bonchev–Trinajstić information content (AvgIpc) is 2.82. The molecule has 0 amide bonds. The smallest absolute Gasteiger partial charge is 0.0648 e. The summed E-state index contributed by atoms with van der Waals surface area (Å²) in [7, 11) is 0. The van der Waals surface area contributed by atoms with Gasteiger partial charge in [0.05, 0.1) is 5.69 Å². The van der Waals surface area contributed by atoms with Gasteiger partial charge in [0.1, 0.15) is 0 Å². The van der Waals surface area contributed by atoms with E-state index < -0.39 is 0 Å². The van der Waals surface area contributed by atoms with E-state index in [2.05, 4.69) is 34.7 Å². The van der Waals surface area contributed by atoms with Crippen LogP contribution >= 0.6 is 0 Å². The van der Waals surface area contributed by atoms with E-state index in [9.17, 15) is 0 Å². The van der Waals surface area contributed by atoms with Crippen molar-refractivity contribution in [2.24, 2.45) is 0 Å². The van der Waals surface area contributed by atoms with Gasteiger partial charge in [-0.3, -0.25) is 0 Å². The lowest BCUT2D eigenvalue weighted by molar-refractivity contribution is 0.534. The molecular weight excluding hydrogens is 222 g/mol. The minimum atomic E-state index is 0.503. The Labute approximate surface area is 108 Å². The number of rotatable bonds is 2. The highest BCUT2D eigenvalue weighted by molar-refractivity contribution is 5.36. The van der Waals surface area contributed by atoms with Crippen molar-refractivity contribution in [2.75, 3.05) is 6.54 Å². The molecule has 0 bridgehead atoms. The molecule has 18 heavy (non-hydrogen) atoms. The summed E-state index contributed by atoms with van der Waals surface area (Å²) in [5.41, 5.74) is 2.52. The van der Waals surface area contributed by atoms with Gasteiger partial charge in [0.2, 0.25) is 0 Å². The molecule has 0 radical (unpaired) electrons. The summed E-state index contributed by atoms with van der Waals surface area (Å²) >= 11 is 0. The lowest BCUT2D eigenvalue weighted by Gasteiger charge is -2.17. The molecule has 1 aromatic carbocycles. The van der Waals surface area contributed by atoms with Gasteiger partial charge in [-0.2, -0.15) is 5.10 Å². The van der Waals surface area contributed by atoms with Crippen LogP contribution in [0.1, 0.15) is 37.3 Å². The monoisotopic (exact) mass is 241 g/mol. The SMILES string of the molecule is c1cc(C2CCCCCN2)cc(-n2cccn2)c1. The van der Waals surface area contributed by atoms with Crippen molar-refractivity contribution in [3.8, 4) is 5.69 Å². The van der Waals surface area contributed by atoms with E-state index in [1.165, 1.54) is 31.2 Å². The third-order valence-electron chi connectivity index (χ3n) is 3.60. The lowest BCUT2D eigenvalue weighted by atomic mass is 10.0. The highest BCUT2D eigenvalue weighted by Crippen LogP contribution is 2.24. The first-order valence-electron chi connectivity index (χ1n) is 6.77. The molecule has 1 atom stereocenters. The van der Waals surface area contributed by atoms with E-state index in [4.69, 9.17) is 0 Å². The van der Waals surface area contributed by atoms with Gasteiger partial charge in [0.25, 0.3) is 0 Å². The highest BCUT2D eigenvalue weighted by Gasteiger charge is 2.13. The predicted octanol–water partition coefficient (Wildman–Crippen LogP) is 3.08. The first-order valence-corrected chi connectivity index (χ1v) is 6.77. The Morgan fingerprint density at radius 1 is 1.17 bits per heavy atom. The second kappa shape index (κ2) is 5.36. The maximum Gasteiger partial charge on any atom is 0.0648 e. The quantitative estimate of drug-likeness (QED) is 0.875. The molecule has 0 aliphatic carbocycles.